The van der Waals surface area contributed by atoms with E-state index in [2.05, 4.69) is 75.3 Å². The number of tetrazole rings is 1. The topological polar surface area (TPSA) is 72.2 Å². The SMILES string of the molecule is CCC(C)(C)n1nnnc1[C@@H](c1ccncc1)N1CCN(c2cccc(OC)c2)CC1. The first-order valence-corrected chi connectivity index (χ1v) is 10.8. The van der Waals surface area contributed by atoms with Gasteiger partial charge in [0, 0.05) is 50.3 Å². The molecule has 0 amide bonds. The van der Waals surface area contributed by atoms with Gasteiger partial charge in [-0.15, -0.1) is 5.10 Å². The molecule has 1 atom stereocenters. The second-order valence-electron chi connectivity index (χ2n) is 8.52. The molecule has 164 valence electrons. The van der Waals surface area contributed by atoms with Gasteiger partial charge in [-0.1, -0.05) is 13.0 Å². The van der Waals surface area contributed by atoms with Gasteiger partial charge in [0.2, 0.25) is 0 Å². The van der Waals surface area contributed by atoms with Gasteiger partial charge in [0.15, 0.2) is 5.82 Å². The minimum atomic E-state index is -0.160. The van der Waals surface area contributed by atoms with E-state index in [9.17, 15) is 0 Å². The predicted octanol–water partition coefficient (Wildman–Crippen LogP) is 3.13. The van der Waals surface area contributed by atoms with Crippen LogP contribution < -0.4 is 9.64 Å². The van der Waals surface area contributed by atoms with Crippen molar-refractivity contribution < 1.29 is 4.74 Å². The van der Waals surface area contributed by atoms with Gasteiger partial charge in [0.05, 0.1) is 18.7 Å². The second-order valence-corrected chi connectivity index (χ2v) is 8.52. The molecule has 1 aromatic carbocycles. The molecule has 0 N–H and O–H groups in total. The van der Waals surface area contributed by atoms with E-state index >= 15 is 0 Å². The number of pyridine rings is 1. The number of benzene rings is 1. The Hall–Kier alpha value is -3.00. The summed E-state index contributed by atoms with van der Waals surface area (Å²) in [6.07, 6.45) is 4.62. The highest BCUT2D eigenvalue weighted by Crippen LogP contribution is 2.32. The van der Waals surface area contributed by atoms with Crippen LogP contribution in [0.25, 0.3) is 0 Å². The molecule has 3 aromatic rings. The van der Waals surface area contributed by atoms with E-state index in [0.717, 1.165) is 49.7 Å². The molecule has 4 rings (SSSR count). The fourth-order valence-electron chi connectivity index (χ4n) is 4.06. The highest BCUT2D eigenvalue weighted by molar-refractivity contribution is 5.51. The van der Waals surface area contributed by atoms with Crippen molar-refractivity contribution in [2.45, 2.75) is 38.8 Å². The predicted molar refractivity (Wildman–Crippen MR) is 120 cm³/mol. The summed E-state index contributed by atoms with van der Waals surface area (Å²) >= 11 is 0. The third kappa shape index (κ3) is 4.39. The molecule has 31 heavy (non-hydrogen) atoms. The minimum Gasteiger partial charge on any atom is -0.497 e. The molecular weight excluding hydrogens is 390 g/mol. The molecule has 1 aliphatic rings. The highest BCUT2D eigenvalue weighted by Gasteiger charge is 2.34. The van der Waals surface area contributed by atoms with Crippen LogP contribution >= 0.6 is 0 Å². The molecule has 1 fully saturated rings. The van der Waals surface area contributed by atoms with Crippen LogP contribution in [-0.2, 0) is 5.54 Å². The maximum absolute atomic E-state index is 5.40. The Balaban J connectivity index is 1.61. The number of rotatable bonds is 7. The molecule has 0 radical (unpaired) electrons. The van der Waals surface area contributed by atoms with Crippen molar-refractivity contribution in [3.8, 4) is 5.75 Å². The van der Waals surface area contributed by atoms with Gasteiger partial charge < -0.3 is 9.64 Å². The van der Waals surface area contributed by atoms with Crippen LogP contribution in [0.2, 0.25) is 0 Å². The maximum atomic E-state index is 5.40. The maximum Gasteiger partial charge on any atom is 0.173 e. The molecule has 1 saturated heterocycles. The van der Waals surface area contributed by atoms with Crippen LogP contribution in [0.4, 0.5) is 5.69 Å². The quantitative estimate of drug-likeness (QED) is 0.580. The Kier molecular flexibility index (Phi) is 6.18. The van der Waals surface area contributed by atoms with Crippen molar-refractivity contribution in [3.05, 3.63) is 60.2 Å². The summed E-state index contributed by atoms with van der Waals surface area (Å²) in [5.41, 5.74) is 2.19. The van der Waals surface area contributed by atoms with Crippen LogP contribution in [-0.4, -0.2) is 63.4 Å². The van der Waals surface area contributed by atoms with Gasteiger partial charge >= 0.3 is 0 Å². The van der Waals surface area contributed by atoms with E-state index < -0.39 is 0 Å². The number of methoxy groups -OCH3 is 1. The molecule has 0 spiro atoms. The Morgan fingerprint density at radius 2 is 1.81 bits per heavy atom. The van der Waals surface area contributed by atoms with Crippen molar-refractivity contribution >= 4 is 5.69 Å². The molecule has 3 heterocycles. The smallest absolute Gasteiger partial charge is 0.173 e. The molecule has 0 unspecified atom stereocenters. The summed E-state index contributed by atoms with van der Waals surface area (Å²) in [6.45, 7) is 10.2. The number of ether oxygens (including phenoxy) is 1. The van der Waals surface area contributed by atoms with Crippen molar-refractivity contribution in [2.75, 3.05) is 38.2 Å². The van der Waals surface area contributed by atoms with Gasteiger partial charge in [0.1, 0.15) is 5.75 Å². The van der Waals surface area contributed by atoms with Gasteiger partial charge in [-0.25, -0.2) is 4.68 Å². The summed E-state index contributed by atoms with van der Waals surface area (Å²) in [5.74, 6) is 1.77. The highest BCUT2D eigenvalue weighted by atomic mass is 16.5. The zero-order valence-electron chi connectivity index (χ0n) is 18.8. The van der Waals surface area contributed by atoms with E-state index in [1.807, 2.05) is 29.2 Å². The van der Waals surface area contributed by atoms with Gasteiger partial charge in [-0.05, 0) is 60.5 Å². The van der Waals surface area contributed by atoms with Crippen LogP contribution in [0, 0.1) is 0 Å². The first kappa shape index (κ1) is 21.2. The van der Waals surface area contributed by atoms with Gasteiger partial charge in [-0.2, -0.15) is 0 Å². The number of hydrogen-bond donors (Lipinski definition) is 0. The van der Waals surface area contributed by atoms with E-state index in [4.69, 9.17) is 4.74 Å². The van der Waals surface area contributed by atoms with Crippen LogP contribution in [0.5, 0.6) is 5.75 Å². The van der Waals surface area contributed by atoms with E-state index in [1.54, 1.807) is 7.11 Å². The summed E-state index contributed by atoms with van der Waals surface area (Å²) < 4.78 is 7.39. The molecular formula is C23H31N7O. The normalized spacial score (nSPS) is 16.3. The lowest BCUT2D eigenvalue weighted by Crippen LogP contribution is -2.48. The Labute approximate surface area is 183 Å². The summed E-state index contributed by atoms with van der Waals surface area (Å²) in [4.78, 5) is 9.09. The summed E-state index contributed by atoms with van der Waals surface area (Å²) in [5, 5.41) is 12.9. The molecule has 8 nitrogen and oxygen atoms in total. The third-order valence-electron chi connectivity index (χ3n) is 6.30. The molecule has 1 aliphatic heterocycles. The lowest BCUT2D eigenvalue weighted by molar-refractivity contribution is 0.187. The fourth-order valence-corrected chi connectivity index (χ4v) is 4.06. The van der Waals surface area contributed by atoms with Gasteiger partial charge in [-0.3, -0.25) is 9.88 Å². The molecule has 8 heteroatoms. The standard InChI is InChI=1S/C23H31N7O/c1-5-23(2,3)30-22(25-26-27-30)21(18-9-11-24-12-10-18)29-15-13-28(14-16-29)19-7-6-8-20(17-19)31-4/h6-12,17,21H,5,13-16H2,1-4H3/t21-/m1/s1. The first-order valence-electron chi connectivity index (χ1n) is 10.8. The van der Waals surface area contributed by atoms with E-state index in [0.29, 0.717) is 0 Å². The average molecular weight is 422 g/mol. The number of hydrogen-bond acceptors (Lipinski definition) is 7. The minimum absolute atomic E-state index is 0.0173. The number of nitrogens with zero attached hydrogens (tertiary/aromatic N) is 7. The summed E-state index contributed by atoms with van der Waals surface area (Å²) in [6, 6.07) is 12.4. The monoisotopic (exact) mass is 421 g/mol. The van der Waals surface area contributed by atoms with Crippen molar-refractivity contribution in [3.63, 3.8) is 0 Å². The van der Waals surface area contributed by atoms with E-state index in [1.165, 1.54) is 5.69 Å². The average Bonchev–Trinajstić information content (AvgIpc) is 3.31. The molecule has 0 saturated carbocycles. The Bertz CT molecular complexity index is 980. The number of anilines is 1. The third-order valence-corrected chi connectivity index (χ3v) is 6.30. The van der Waals surface area contributed by atoms with Crippen LogP contribution in [0.3, 0.4) is 0 Å². The Morgan fingerprint density at radius 3 is 2.48 bits per heavy atom. The Morgan fingerprint density at radius 1 is 1.06 bits per heavy atom. The van der Waals surface area contributed by atoms with E-state index in [-0.39, 0.29) is 11.6 Å². The van der Waals surface area contributed by atoms with Crippen molar-refractivity contribution in [2.24, 2.45) is 0 Å². The van der Waals surface area contributed by atoms with Gasteiger partial charge in [0.25, 0.3) is 0 Å². The fraction of sp³-hybridized carbons (Fsp3) is 0.478. The molecule has 0 aliphatic carbocycles. The second kappa shape index (κ2) is 9.01. The van der Waals surface area contributed by atoms with Crippen LogP contribution in [0.1, 0.15) is 44.6 Å². The molecule has 0 bridgehead atoms. The van der Waals surface area contributed by atoms with Crippen molar-refractivity contribution in [1.29, 1.82) is 0 Å². The zero-order chi connectivity index (χ0) is 21.8. The van der Waals surface area contributed by atoms with Crippen LogP contribution in [0.15, 0.2) is 48.8 Å². The largest absolute Gasteiger partial charge is 0.497 e. The van der Waals surface area contributed by atoms with Crippen molar-refractivity contribution in [1.82, 2.24) is 30.1 Å². The number of aromatic nitrogens is 5. The zero-order valence-corrected chi connectivity index (χ0v) is 18.8. The lowest BCUT2D eigenvalue weighted by atomic mass is 9.99. The summed E-state index contributed by atoms with van der Waals surface area (Å²) in [7, 11) is 1.71. The first-order chi connectivity index (χ1) is 15.0. The number of piperazine rings is 1. The lowest BCUT2D eigenvalue weighted by Gasteiger charge is -2.40. The molecule has 2 aromatic heterocycles.